The van der Waals surface area contributed by atoms with E-state index in [4.69, 9.17) is 5.73 Å². The third kappa shape index (κ3) is 2.82. The van der Waals surface area contributed by atoms with E-state index < -0.39 is 0 Å². The summed E-state index contributed by atoms with van der Waals surface area (Å²) in [5, 5.41) is 0. The largest absolute Gasteiger partial charge is 0.399 e. The van der Waals surface area contributed by atoms with Crippen LogP contribution in [0.25, 0.3) is 0 Å². The van der Waals surface area contributed by atoms with Crippen LogP contribution in [-0.2, 0) is 0 Å². The van der Waals surface area contributed by atoms with E-state index in [-0.39, 0.29) is 5.91 Å². The number of anilines is 2. The average Bonchev–Trinajstić information content (AvgIpc) is 2.44. The maximum atomic E-state index is 12.7. The average molecular weight is 268 g/mol. The molecule has 1 amide bonds. The van der Waals surface area contributed by atoms with Gasteiger partial charge in [-0.05, 0) is 50.6 Å². The number of hydrogen-bond donors (Lipinski definition) is 1. The van der Waals surface area contributed by atoms with Crippen molar-refractivity contribution in [2.45, 2.75) is 20.8 Å². The van der Waals surface area contributed by atoms with Crippen LogP contribution in [0, 0.1) is 13.8 Å². The van der Waals surface area contributed by atoms with E-state index in [9.17, 15) is 4.79 Å². The van der Waals surface area contributed by atoms with Crippen molar-refractivity contribution in [2.75, 3.05) is 17.2 Å². The second-order valence-corrected chi connectivity index (χ2v) is 4.96. The number of nitrogens with two attached hydrogens (primary N) is 1. The van der Waals surface area contributed by atoms with Crippen molar-refractivity contribution >= 4 is 17.3 Å². The van der Waals surface area contributed by atoms with Gasteiger partial charge in [0.1, 0.15) is 0 Å². The molecule has 3 nitrogen and oxygen atoms in total. The van der Waals surface area contributed by atoms with Crippen LogP contribution in [0.3, 0.4) is 0 Å². The quantitative estimate of drug-likeness (QED) is 0.865. The lowest BCUT2D eigenvalue weighted by Gasteiger charge is -2.22. The molecular weight excluding hydrogens is 248 g/mol. The van der Waals surface area contributed by atoms with E-state index in [1.54, 1.807) is 11.0 Å². The first-order chi connectivity index (χ1) is 9.52. The molecule has 0 aromatic heterocycles. The Morgan fingerprint density at radius 1 is 1.10 bits per heavy atom. The molecule has 0 saturated carbocycles. The van der Waals surface area contributed by atoms with Crippen LogP contribution in [0.5, 0.6) is 0 Å². The molecule has 0 radical (unpaired) electrons. The third-order valence-corrected chi connectivity index (χ3v) is 3.40. The van der Waals surface area contributed by atoms with Crippen LogP contribution in [0.1, 0.15) is 28.4 Å². The molecule has 0 spiro atoms. The molecule has 3 heteroatoms. The van der Waals surface area contributed by atoms with E-state index in [1.807, 2.05) is 57.2 Å². The molecule has 2 rings (SSSR count). The lowest BCUT2D eigenvalue weighted by Crippen LogP contribution is -2.31. The van der Waals surface area contributed by atoms with Crippen LogP contribution < -0.4 is 10.6 Å². The number of aryl methyl sites for hydroxylation is 2. The van der Waals surface area contributed by atoms with Crippen molar-refractivity contribution in [1.82, 2.24) is 0 Å². The van der Waals surface area contributed by atoms with Crippen LogP contribution in [-0.4, -0.2) is 12.5 Å². The number of hydrogen-bond acceptors (Lipinski definition) is 2. The first-order valence-corrected chi connectivity index (χ1v) is 6.77. The van der Waals surface area contributed by atoms with Gasteiger partial charge in [0.15, 0.2) is 0 Å². The predicted molar refractivity (Wildman–Crippen MR) is 84.1 cm³/mol. The van der Waals surface area contributed by atoms with E-state index in [0.717, 1.165) is 11.3 Å². The molecule has 0 aliphatic carbocycles. The molecular formula is C17H20N2O. The third-order valence-electron chi connectivity index (χ3n) is 3.40. The SMILES string of the molecule is CCN(C(=O)c1cc(N)ccc1C)c1ccc(C)cc1. The van der Waals surface area contributed by atoms with E-state index in [0.29, 0.717) is 17.8 Å². The van der Waals surface area contributed by atoms with Gasteiger partial charge in [0.2, 0.25) is 0 Å². The van der Waals surface area contributed by atoms with Gasteiger partial charge in [0.05, 0.1) is 0 Å². The topological polar surface area (TPSA) is 46.3 Å². The van der Waals surface area contributed by atoms with Gasteiger partial charge in [-0.3, -0.25) is 4.79 Å². The maximum absolute atomic E-state index is 12.7. The van der Waals surface area contributed by atoms with Crippen LogP contribution in [0.2, 0.25) is 0 Å². The molecule has 20 heavy (non-hydrogen) atoms. The summed E-state index contributed by atoms with van der Waals surface area (Å²) in [6, 6.07) is 13.4. The zero-order valence-electron chi connectivity index (χ0n) is 12.2. The lowest BCUT2D eigenvalue weighted by atomic mass is 10.1. The summed E-state index contributed by atoms with van der Waals surface area (Å²) in [4.78, 5) is 14.5. The van der Waals surface area contributed by atoms with E-state index in [1.165, 1.54) is 5.56 Å². The predicted octanol–water partition coefficient (Wildman–Crippen LogP) is 3.55. The van der Waals surface area contributed by atoms with Crippen molar-refractivity contribution in [1.29, 1.82) is 0 Å². The molecule has 0 unspecified atom stereocenters. The Morgan fingerprint density at radius 3 is 2.35 bits per heavy atom. The van der Waals surface area contributed by atoms with Crippen LogP contribution >= 0.6 is 0 Å². The number of rotatable bonds is 3. The van der Waals surface area contributed by atoms with Gasteiger partial charge in [0.25, 0.3) is 5.91 Å². The maximum Gasteiger partial charge on any atom is 0.258 e. The second kappa shape index (κ2) is 5.78. The number of carbonyl (C=O) groups is 1. The van der Waals surface area contributed by atoms with Gasteiger partial charge < -0.3 is 10.6 Å². The Morgan fingerprint density at radius 2 is 1.75 bits per heavy atom. The highest BCUT2D eigenvalue weighted by atomic mass is 16.2. The molecule has 0 heterocycles. The molecule has 2 N–H and O–H groups in total. The van der Waals surface area contributed by atoms with Crippen molar-refractivity contribution in [2.24, 2.45) is 0 Å². The first kappa shape index (κ1) is 14.1. The highest BCUT2D eigenvalue weighted by molar-refractivity contribution is 6.07. The molecule has 0 aliphatic rings. The summed E-state index contributed by atoms with van der Waals surface area (Å²) in [5.74, 6) is -0.0128. The van der Waals surface area contributed by atoms with Crippen molar-refractivity contribution in [3.63, 3.8) is 0 Å². The van der Waals surface area contributed by atoms with Gasteiger partial charge in [0, 0.05) is 23.5 Å². The minimum absolute atomic E-state index is 0.0128. The summed E-state index contributed by atoms with van der Waals surface area (Å²) in [7, 11) is 0. The number of amides is 1. The number of nitrogen functional groups attached to an aromatic ring is 1. The van der Waals surface area contributed by atoms with Crippen molar-refractivity contribution < 1.29 is 4.79 Å². The summed E-state index contributed by atoms with van der Waals surface area (Å²) < 4.78 is 0. The van der Waals surface area contributed by atoms with Gasteiger partial charge in [-0.25, -0.2) is 0 Å². The molecule has 2 aromatic carbocycles. The van der Waals surface area contributed by atoms with Crippen molar-refractivity contribution in [3.8, 4) is 0 Å². The first-order valence-electron chi connectivity index (χ1n) is 6.77. The van der Waals surface area contributed by atoms with Crippen LogP contribution in [0.15, 0.2) is 42.5 Å². The zero-order chi connectivity index (χ0) is 14.7. The Kier molecular flexibility index (Phi) is 4.08. The number of nitrogens with zero attached hydrogens (tertiary/aromatic N) is 1. The van der Waals surface area contributed by atoms with Gasteiger partial charge >= 0.3 is 0 Å². The van der Waals surface area contributed by atoms with Gasteiger partial charge in [-0.15, -0.1) is 0 Å². The fourth-order valence-electron chi connectivity index (χ4n) is 2.18. The lowest BCUT2D eigenvalue weighted by molar-refractivity contribution is 0.0988. The summed E-state index contributed by atoms with van der Waals surface area (Å²) >= 11 is 0. The summed E-state index contributed by atoms with van der Waals surface area (Å²) in [6.45, 7) is 6.55. The summed E-state index contributed by atoms with van der Waals surface area (Å²) in [6.07, 6.45) is 0. The Hall–Kier alpha value is -2.29. The van der Waals surface area contributed by atoms with E-state index >= 15 is 0 Å². The highest BCUT2D eigenvalue weighted by Crippen LogP contribution is 2.21. The molecule has 0 saturated heterocycles. The Balaban J connectivity index is 2.38. The molecule has 2 aromatic rings. The second-order valence-electron chi connectivity index (χ2n) is 4.96. The fourth-order valence-corrected chi connectivity index (χ4v) is 2.18. The number of carbonyl (C=O) groups excluding carboxylic acids is 1. The smallest absolute Gasteiger partial charge is 0.258 e. The van der Waals surface area contributed by atoms with Crippen LogP contribution in [0.4, 0.5) is 11.4 Å². The van der Waals surface area contributed by atoms with Gasteiger partial charge in [-0.1, -0.05) is 23.8 Å². The minimum atomic E-state index is -0.0128. The van der Waals surface area contributed by atoms with E-state index in [2.05, 4.69) is 0 Å². The molecule has 0 aliphatic heterocycles. The zero-order valence-corrected chi connectivity index (χ0v) is 12.2. The molecule has 0 bridgehead atoms. The minimum Gasteiger partial charge on any atom is -0.399 e. The van der Waals surface area contributed by atoms with Crippen molar-refractivity contribution in [3.05, 3.63) is 59.2 Å². The molecule has 0 fully saturated rings. The Bertz CT molecular complexity index is 617. The number of benzene rings is 2. The molecule has 104 valence electrons. The monoisotopic (exact) mass is 268 g/mol. The fraction of sp³-hybridized carbons (Fsp3) is 0.235. The normalized spacial score (nSPS) is 10.3. The Labute approximate surface area is 120 Å². The molecule has 0 atom stereocenters. The standard InChI is InChI=1S/C17H20N2O/c1-4-19(15-9-5-12(2)6-10-15)17(20)16-11-14(18)8-7-13(16)3/h5-11H,4,18H2,1-3H3. The van der Waals surface area contributed by atoms with Gasteiger partial charge in [-0.2, -0.15) is 0 Å². The summed E-state index contributed by atoms with van der Waals surface area (Å²) in [5.41, 5.74) is 10.1. The highest BCUT2D eigenvalue weighted by Gasteiger charge is 2.18.